The molecule has 0 aliphatic carbocycles. The molecule has 0 saturated heterocycles. The number of para-hydroxylation sites is 2. The number of fused-ring (bicyclic) bond motifs is 8. The summed E-state index contributed by atoms with van der Waals surface area (Å²) in [5.74, 6) is 1.78. The first kappa shape index (κ1) is 22.9. The van der Waals surface area contributed by atoms with Gasteiger partial charge in [-0.3, -0.25) is 4.57 Å². The maximum absolute atomic E-state index is 6.54. The third-order valence-corrected chi connectivity index (χ3v) is 8.04. The van der Waals surface area contributed by atoms with E-state index >= 15 is 0 Å². The second kappa shape index (κ2) is 8.85. The number of hydrogen-bond acceptors (Lipinski definition) is 4. The molecule has 42 heavy (non-hydrogen) atoms. The quantitative estimate of drug-likeness (QED) is 0.225. The lowest BCUT2D eigenvalue weighted by molar-refractivity contribution is 0.670. The lowest BCUT2D eigenvalue weighted by Crippen LogP contribution is -2.06. The first-order valence-corrected chi connectivity index (χ1v) is 14.0. The van der Waals surface area contributed by atoms with Crippen LogP contribution in [0.3, 0.4) is 0 Å². The number of rotatable bonds is 3. The highest BCUT2D eigenvalue weighted by molar-refractivity contribution is 6.21. The zero-order valence-electron chi connectivity index (χ0n) is 22.4. The Kier molecular flexibility index (Phi) is 4.83. The highest BCUT2D eigenvalue weighted by Crippen LogP contribution is 2.40. The summed E-state index contributed by atoms with van der Waals surface area (Å²) >= 11 is 0. The van der Waals surface area contributed by atoms with Crippen LogP contribution in [-0.4, -0.2) is 19.5 Å². The normalized spacial score (nSPS) is 11.8. The average Bonchev–Trinajstić information content (AvgIpc) is 3.61. The van der Waals surface area contributed by atoms with Gasteiger partial charge in [0.05, 0.1) is 5.52 Å². The molecule has 0 spiro atoms. The van der Waals surface area contributed by atoms with Crippen LogP contribution in [0.4, 0.5) is 0 Å². The molecule has 0 bridgehead atoms. The molecule has 0 fully saturated rings. The van der Waals surface area contributed by atoms with E-state index in [1.807, 2.05) is 48.5 Å². The molecule has 0 N–H and O–H groups in total. The molecule has 0 unspecified atom stereocenters. The van der Waals surface area contributed by atoms with Crippen LogP contribution in [-0.2, 0) is 0 Å². The molecule has 0 aliphatic rings. The van der Waals surface area contributed by atoms with Crippen molar-refractivity contribution in [1.29, 1.82) is 0 Å². The van der Waals surface area contributed by atoms with Crippen molar-refractivity contribution in [1.82, 2.24) is 19.5 Å². The summed E-state index contributed by atoms with van der Waals surface area (Å²) in [6.07, 6.45) is 0. The van der Waals surface area contributed by atoms with Crippen molar-refractivity contribution in [3.63, 3.8) is 0 Å². The van der Waals surface area contributed by atoms with E-state index in [9.17, 15) is 0 Å². The van der Waals surface area contributed by atoms with Crippen LogP contribution in [0.1, 0.15) is 0 Å². The molecule has 0 amide bonds. The molecule has 9 aromatic rings. The first-order valence-electron chi connectivity index (χ1n) is 14.0. The summed E-state index contributed by atoms with van der Waals surface area (Å²) in [5.41, 5.74) is 5.49. The van der Waals surface area contributed by atoms with Crippen LogP contribution in [0.25, 0.3) is 83.2 Å². The second-order valence-electron chi connectivity index (χ2n) is 10.5. The SMILES string of the molecule is c1ccc(-c2nc(-c3ccc4ccccc4c3)nc(-n3c4ccccc4c4ccc5c6ccccc6oc5c43)n2)cc1. The van der Waals surface area contributed by atoms with Gasteiger partial charge in [-0.15, -0.1) is 0 Å². The number of furan rings is 1. The zero-order chi connectivity index (χ0) is 27.6. The van der Waals surface area contributed by atoms with Crippen LogP contribution >= 0.6 is 0 Å². The summed E-state index contributed by atoms with van der Waals surface area (Å²) in [7, 11) is 0. The lowest BCUT2D eigenvalue weighted by Gasteiger charge is -2.11. The summed E-state index contributed by atoms with van der Waals surface area (Å²) in [5, 5.41) is 6.67. The smallest absolute Gasteiger partial charge is 0.238 e. The van der Waals surface area contributed by atoms with E-state index in [0.29, 0.717) is 17.6 Å². The third-order valence-electron chi connectivity index (χ3n) is 8.04. The summed E-state index contributed by atoms with van der Waals surface area (Å²) in [4.78, 5) is 15.2. The Balaban J connectivity index is 1.40. The Labute approximate surface area is 240 Å². The van der Waals surface area contributed by atoms with E-state index in [4.69, 9.17) is 19.4 Å². The molecule has 6 aromatic carbocycles. The Morgan fingerprint density at radius 2 is 1.17 bits per heavy atom. The molecule has 5 heteroatoms. The monoisotopic (exact) mass is 538 g/mol. The van der Waals surface area contributed by atoms with E-state index in [2.05, 4.69) is 89.5 Å². The minimum atomic E-state index is 0.547. The molecule has 0 atom stereocenters. The van der Waals surface area contributed by atoms with Crippen molar-refractivity contribution in [2.75, 3.05) is 0 Å². The topological polar surface area (TPSA) is 56.7 Å². The molecule has 9 rings (SSSR count). The highest BCUT2D eigenvalue weighted by atomic mass is 16.3. The maximum atomic E-state index is 6.54. The van der Waals surface area contributed by atoms with E-state index in [0.717, 1.165) is 60.3 Å². The average molecular weight is 539 g/mol. The Morgan fingerprint density at radius 3 is 2.05 bits per heavy atom. The number of benzene rings is 6. The second-order valence-corrected chi connectivity index (χ2v) is 10.5. The van der Waals surface area contributed by atoms with Gasteiger partial charge in [-0.25, -0.2) is 4.98 Å². The molecular formula is C37H22N4O. The summed E-state index contributed by atoms with van der Waals surface area (Å²) in [6, 6.07) is 45.7. The standard InChI is InChI=1S/C37H22N4O/c1-2-11-24(12-3-1)35-38-36(26-19-18-23-10-4-5-13-25(23)22-26)40-37(39-35)41-31-16-8-6-14-27(31)29-20-21-30-28-15-7-9-17-32(28)42-34(30)33(29)41/h1-22H. The fraction of sp³-hybridized carbons (Fsp3) is 0. The van der Waals surface area contributed by atoms with Gasteiger partial charge in [0.2, 0.25) is 5.95 Å². The predicted octanol–water partition coefficient (Wildman–Crippen LogP) is 9.36. The van der Waals surface area contributed by atoms with E-state index < -0.39 is 0 Å². The van der Waals surface area contributed by atoms with Crippen molar-refractivity contribution in [3.8, 4) is 28.7 Å². The van der Waals surface area contributed by atoms with Gasteiger partial charge in [0, 0.05) is 32.7 Å². The molecular weight excluding hydrogens is 516 g/mol. The maximum Gasteiger partial charge on any atom is 0.238 e. The predicted molar refractivity (Wildman–Crippen MR) is 170 cm³/mol. The van der Waals surface area contributed by atoms with Crippen LogP contribution < -0.4 is 0 Å². The summed E-state index contributed by atoms with van der Waals surface area (Å²) < 4.78 is 8.68. The van der Waals surface area contributed by atoms with Gasteiger partial charge in [0.15, 0.2) is 17.2 Å². The van der Waals surface area contributed by atoms with Crippen molar-refractivity contribution < 1.29 is 4.42 Å². The minimum absolute atomic E-state index is 0.547. The van der Waals surface area contributed by atoms with E-state index in [1.165, 1.54) is 5.39 Å². The van der Waals surface area contributed by atoms with Crippen LogP contribution in [0.2, 0.25) is 0 Å². The molecule has 5 nitrogen and oxygen atoms in total. The molecule has 3 aromatic heterocycles. The molecule has 0 saturated carbocycles. The molecule has 0 radical (unpaired) electrons. The van der Waals surface area contributed by atoms with Crippen LogP contribution in [0.5, 0.6) is 0 Å². The van der Waals surface area contributed by atoms with Gasteiger partial charge in [-0.2, -0.15) is 9.97 Å². The van der Waals surface area contributed by atoms with Gasteiger partial charge in [-0.05, 0) is 35.0 Å². The fourth-order valence-electron chi connectivity index (χ4n) is 6.08. The van der Waals surface area contributed by atoms with Crippen molar-refractivity contribution in [3.05, 3.63) is 133 Å². The van der Waals surface area contributed by atoms with Crippen LogP contribution in [0, 0.1) is 0 Å². The van der Waals surface area contributed by atoms with E-state index in [-0.39, 0.29) is 0 Å². The van der Waals surface area contributed by atoms with Gasteiger partial charge >= 0.3 is 0 Å². The van der Waals surface area contributed by atoms with Crippen molar-refractivity contribution in [2.24, 2.45) is 0 Å². The third kappa shape index (κ3) is 3.40. The van der Waals surface area contributed by atoms with Crippen LogP contribution in [0.15, 0.2) is 138 Å². The molecule has 3 heterocycles. The number of nitrogens with zero attached hydrogens (tertiary/aromatic N) is 4. The number of hydrogen-bond donors (Lipinski definition) is 0. The van der Waals surface area contributed by atoms with Crippen molar-refractivity contribution >= 4 is 54.5 Å². The fourth-order valence-corrected chi connectivity index (χ4v) is 6.08. The Hall–Kier alpha value is -5.81. The van der Waals surface area contributed by atoms with E-state index in [1.54, 1.807) is 0 Å². The first-order chi connectivity index (χ1) is 20.8. The summed E-state index contributed by atoms with van der Waals surface area (Å²) in [6.45, 7) is 0. The molecule has 196 valence electrons. The van der Waals surface area contributed by atoms with Crippen molar-refractivity contribution in [2.45, 2.75) is 0 Å². The highest BCUT2D eigenvalue weighted by Gasteiger charge is 2.21. The van der Waals surface area contributed by atoms with Gasteiger partial charge < -0.3 is 4.42 Å². The van der Waals surface area contributed by atoms with Gasteiger partial charge in [-0.1, -0.05) is 109 Å². The zero-order valence-corrected chi connectivity index (χ0v) is 22.4. The number of aromatic nitrogens is 4. The van der Waals surface area contributed by atoms with Gasteiger partial charge in [0.25, 0.3) is 0 Å². The lowest BCUT2D eigenvalue weighted by atomic mass is 10.1. The molecule has 0 aliphatic heterocycles. The van der Waals surface area contributed by atoms with Gasteiger partial charge in [0.1, 0.15) is 11.1 Å². The Morgan fingerprint density at radius 1 is 0.476 bits per heavy atom. The largest absolute Gasteiger partial charge is 0.454 e. The Bertz CT molecular complexity index is 2470. The minimum Gasteiger partial charge on any atom is -0.454 e.